The molecule has 0 heterocycles. The first kappa shape index (κ1) is 22.1. The normalized spacial score (nSPS) is 13.1. The van der Waals surface area contributed by atoms with Crippen LogP contribution in [0.15, 0.2) is 50.2 Å². The van der Waals surface area contributed by atoms with Crippen LogP contribution in [0.4, 0.5) is 10.5 Å². The quantitative estimate of drug-likeness (QED) is 0.395. The van der Waals surface area contributed by atoms with Crippen LogP contribution in [0.5, 0.6) is 5.75 Å². The number of ether oxygens (including phenoxy) is 1. The number of aromatic hydroxyl groups is 1. The molecule has 2 aromatic carbocycles. The highest BCUT2D eigenvalue weighted by Gasteiger charge is 2.27. The molecule has 0 aliphatic carbocycles. The van der Waals surface area contributed by atoms with Crippen molar-refractivity contribution in [2.75, 3.05) is 18.2 Å². The molecule has 27 heavy (non-hydrogen) atoms. The molecule has 8 heteroatoms. The lowest BCUT2D eigenvalue weighted by atomic mass is 9.94. The number of aliphatic hydroxyl groups is 1. The maximum atomic E-state index is 12.4. The van der Waals surface area contributed by atoms with E-state index >= 15 is 0 Å². The summed E-state index contributed by atoms with van der Waals surface area (Å²) >= 11 is 8.30. The fourth-order valence-corrected chi connectivity index (χ4v) is 4.25. The molecule has 0 aromatic heterocycles. The van der Waals surface area contributed by atoms with Crippen LogP contribution < -0.4 is 5.32 Å². The van der Waals surface area contributed by atoms with Crippen molar-refractivity contribution < 1.29 is 19.7 Å². The number of carbonyl (C=O) groups is 1. The Bertz CT molecular complexity index is 786. The number of anilines is 1. The summed E-state index contributed by atoms with van der Waals surface area (Å²) in [6.45, 7) is 1.81. The number of thioether (sulfide) groups is 1. The van der Waals surface area contributed by atoms with E-state index < -0.39 is 12.2 Å². The topological polar surface area (TPSA) is 78.8 Å². The number of nitrogens with one attached hydrogen (secondary N) is 1. The van der Waals surface area contributed by atoms with Crippen LogP contribution in [0, 0.1) is 5.92 Å². The second kappa shape index (κ2) is 10.4. The highest BCUT2D eigenvalue weighted by Crippen LogP contribution is 2.40. The third-order valence-electron chi connectivity index (χ3n) is 4.04. The van der Waals surface area contributed by atoms with Crippen LogP contribution >= 0.6 is 43.6 Å². The molecule has 0 aliphatic rings. The van der Waals surface area contributed by atoms with Gasteiger partial charge in [0.15, 0.2) is 0 Å². The lowest BCUT2D eigenvalue weighted by molar-refractivity contribution is 0.0651. The first-order valence-electron chi connectivity index (χ1n) is 8.26. The average Bonchev–Trinajstić information content (AvgIpc) is 2.63. The van der Waals surface area contributed by atoms with Crippen molar-refractivity contribution in [1.29, 1.82) is 0 Å². The van der Waals surface area contributed by atoms with E-state index in [1.807, 2.05) is 25.3 Å². The molecule has 0 spiro atoms. The minimum absolute atomic E-state index is 0.00473. The van der Waals surface area contributed by atoms with Crippen LogP contribution in [0.3, 0.4) is 0 Å². The van der Waals surface area contributed by atoms with Crippen molar-refractivity contribution in [1.82, 2.24) is 0 Å². The Morgan fingerprint density at radius 1 is 1.26 bits per heavy atom. The lowest BCUT2D eigenvalue weighted by Gasteiger charge is -2.25. The molecule has 5 nitrogen and oxygen atoms in total. The summed E-state index contributed by atoms with van der Waals surface area (Å²) in [6, 6.07) is 10.8. The predicted octanol–water partition coefficient (Wildman–Crippen LogP) is 5.95. The van der Waals surface area contributed by atoms with Gasteiger partial charge in [0.05, 0.1) is 4.47 Å². The Labute approximate surface area is 179 Å². The van der Waals surface area contributed by atoms with E-state index in [0.29, 0.717) is 22.1 Å². The number of phenols is 1. The molecule has 0 saturated heterocycles. The summed E-state index contributed by atoms with van der Waals surface area (Å²) in [4.78, 5) is 13.5. The molecule has 2 aromatic rings. The molecule has 3 N–H and O–H groups in total. The summed E-state index contributed by atoms with van der Waals surface area (Å²) < 4.78 is 6.86. The molecular formula is C19H21Br2NO4S. The Hall–Kier alpha value is -1.22. The molecule has 2 rings (SSSR count). The molecule has 1 amide bonds. The van der Waals surface area contributed by atoms with Crippen LogP contribution in [-0.4, -0.2) is 29.2 Å². The third kappa shape index (κ3) is 6.14. The summed E-state index contributed by atoms with van der Waals surface area (Å²) in [5.41, 5.74) is 1.08. The number of rotatable bonds is 7. The Balaban J connectivity index is 2.22. The second-order valence-electron chi connectivity index (χ2n) is 5.99. The van der Waals surface area contributed by atoms with Crippen molar-refractivity contribution in [3.05, 3.63) is 50.9 Å². The second-order valence-corrected chi connectivity index (χ2v) is 8.64. The molecule has 0 fully saturated rings. The minimum Gasteiger partial charge on any atom is -0.506 e. The first-order chi connectivity index (χ1) is 12.8. The third-order valence-corrected chi connectivity index (χ3v) is 5.84. The fraction of sp³-hybridized carbons (Fsp3) is 0.316. The number of benzene rings is 2. The van der Waals surface area contributed by atoms with Crippen LogP contribution in [0.25, 0.3) is 0 Å². The molecular weight excluding hydrogens is 498 g/mol. The number of halogens is 2. The molecule has 0 aliphatic heterocycles. The highest BCUT2D eigenvalue weighted by molar-refractivity contribution is 9.11. The molecule has 0 radical (unpaired) electrons. The first-order valence-corrected chi connectivity index (χ1v) is 11.1. The van der Waals surface area contributed by atoms with E-state index in [1.54, 1.807) is 36.0 Å². The van der Waals surface area contributed by atoms with Crippen molar-refractivity contribution in [3.63, 3.8) is 0 Å². The zero-order valence-corrected chi connectivity index (χ0v) is 18.9. The molecule has 146 valence electrons. The van der Waals surface area contributed by atoms with Crippen molar-refractivity contribution in [3.8, 4) is 5.75 Å². The van der Waals surface area contributed by atoms with Gasteiger partial charge in [0.25, 0.3) is 0 Å². The van der Waals surface area contributed by atoms with E-state index in [4.69, 9.17) is 4.74 Å². The minimum atomic E-state index is -0.726. The van der Waals surface area contributed by atoms with E-state index in [1.165, 1.54) is 0 Å². The number of hydrogen-bond donors (Lipinski definition) is 3. The predicted molar refractivity (Wildman–Crippen MR) is 115 cm³/mol. The zero-order valence-electron chi connectivity index (χ0n) is 14.9. The van der Waals surface area contributed by atoms with Gasteiger partial charge >= 0.3 is 6.09 Å². The number of carbonyl (C=O) groups excluding carboxylic acids is 1. The number of hydrogen-bond acceptors (Lipinski definition) is 5. The highest BCUT2D eigenvalue weighted by atomic mass is 79.9. The standard InChI is InChI=1S/C19H21Br2NO4S/c1-11(7-8-23)18(15-9-12(20)10-16(21)17(15)24)26-19(25)22-13-3-5-14(27-2)6-4-13/h3-6,9-11,18,23-24H,7-8H2,1-2H3,(H,22,25)/t11-,18-/m0/s1. The van der Waals surface area contributed by atoms with Gasteiger partial charge in [-0.2, -0.15) is 0 Å². The molecule has 0 saturated carbocycles. The van der Waals surface area contributed by atoms with Crippen LogP contribution in [0.1, 0.15) is 25.0 Å². The van der Waals surface area contributed by atoms with E-state index in [-0.39, 0.29) is 18.3 Å². The van der Waals surface area contributed by atoms with Gasteiger partial charge < -0.3 is 14.9 Å². The summed E-state index contributed by atoms with van der Waals surface area (Å²) in [5, 5.41) is 22.4. The number of aliphatic hydroxyl groups excluding tert-OH is 1. The molecule has 0 bridgehead atoms. The maximum Gasteiger partial charge on any atom is 0.412 e. The van der Waals surface area contributed by atoms with Gasteiger partial charge in [-0.1, -0.05) is 22.9 Å². The number of amides is 1. The maximum absolute atomic E-state index is 12.4. The monoisotopic (exact) mass is 517 g/mol. The Kier molecular flexibility index (Phi) is 8.47. The van der Waals surface area contributed by atoms with E-state index in [0.717, 1.165) is 9.37 Å². The Morgan fingerprint density at radius 2 is 1.93 bits per heavy atom. The summed E-state index contributed by atoms with van der Waals surface area (Å²) in [6.07, 6.45) is 1.05. The Morgan fingerprint density at radius 3 is 2.52 bits per heavy atom. The van der Waals surface area contributed by atoms with E-state index in [2.05, 4.69) is 37.2 Å². The summed E-state index contributed by atoms with van der Waals surface area (Å²) in [7, 11) is 0. The molecule has 0 unspecified atom stereocenters. The van der Waals surface area contributed by atoms with Gasteiger partial charge in [-0.15, -0.1) is 11.8 Å². The largest absolute Gasteiger partial charge is 0.506 e. The van der Waals surface area contributed by atoms with Crippen LogP contribution in [0.2, 0.25) is 0 Å². The van der Waals surface area contributed by atoms with Gasteiger partial charge in [0, 0.05) is 27.2 Å². The van der Waals surface area contributed by atoms with Gasteiger partial charge in [-0.25, -0.2) is 4.79 Å². The van der Waals surface area contributed by atoms with Gasteiger partial charge in [0.1, 0.15) is 11.9 Å². The lowest BCUT2D eigenvalue weighted by Crippen LogP contribution is -2.22. The SMILES string of the molecule is CSc1ccc(NC(=O)O[C@H](c2cc(Br)cc(Br)c2O)[C@@H](C)CCO)cc1. The van der Waals surface area contributed by atoms with Gasteiger partial charge in [-0.05, 0) is 70.9 Å². The van der Waals surface area contributed by atoms with Gasteiger partial charge in [-0.3, -0.25) is 5.32 Å². The average molecular weight is 519 g/mol. The summed E-state index contributed by atoms with van der Waals surface area (Å²) in [5.74, 6) is -0.197. The van der Waals surface area contributed by atoms with Crippen molar-refractivity contribution >= 4 is 55.4 Å². The fourth-order valence-electron chi connectivity index (χ4n) is 2.58. The number of phenolic OH excluding ortho intramolecular Hbond substituents is 1. The van der Waals surface area contributed by atoms with Crippen LogP contribution in [-0.2, 0) is 4.74 Å². The van der Waals surface area contributed by atoms with Crippen molar-refractivity contribution in [2.45, 2.75) is 24.3 Å². The molecule has 2 atom stereocenters. The van der Waals surface area contributed by atoms with Gasteiger partial charge in [0.2, 0.25) is 0 Å². The van der Waals surface area contributed by atoms with E-state index in [9.17, 15) is 15.0 Å². The smallest absolute Gasteiger partial charge is 0.412 e. The van der Waals surface area contributed by atoms with Crippen molar-refractivity contribution in [2.24, 2.45) is 5.92 Å². The zero-order chi connectivity index (χ0) is 20.0.